The molecule has 0 aliphatic carbocycles. The number of carbonyl (C=O) groups is 3. The number of aryl methyl sites for hydroxylation is 3. The number of nitrogens with one attached hydrogen (secondary N) is 2. The highest BCUT2D eigenvalue weighted by Crippen LogP contribution is 2.30. The topological polar surface area (TPSA) is 152 Å². The maximum atomic E-state index is 14.4. The first-order valence-corrected chi connectivity index (χ1v) is 19.0. The lowest BCUT2D eigenvalue weighted by atomic mass is 10.0. The molecule has 3 amide bonds. The lowest BCUT2D eigenvalue weighted by Gasteiger charge is -2.27. The van der Waals surface area contributed by atoms with Crippen molar-refractivity contribution >= 4 is 23.7 Å². The van der Waals surface area contributed by atoms with E-state index in [-0.39, 0.29) is 31.4 Å². The van der Waals surface area contributed by atoms with E-state index in [9.17, 15) is 23.9 Å². The normalized spacial score (nSPS) is 14.8. The second kappa shape index (κ2) is 22.4. The van der Waals surface area contributed by atoms with Gasteiger partial charge in [0, 0.05) is 51.4 Å². The Labute approximate surface area is 312 Å². The first-order chi connectivity index (χ1) is 25.6. The summed E-state index contributed by atoms with van der Waals surface area (Å²) in [5, 5.41) is 16.0. The zero-order valence-electron chi connectivity index (χ0n) is 31.6. The minimum Gasteiger partial charge on any atom is -0.481 e. The second-order valence-corrected chi connectivity index (χ2v) is 14.0. The van der Waals surface area contributed by atoms with Crippen LogP contribution < -0.4 is 10.6 Å². The van der Waals surface area contributed by atoms with Crippen LogP contribution in [0, 0.1) is 18.7 Å². The molecule has 2 aliphatic rings. The molecular weight excluding hydrogens is 685 g/mol. The van der Waals surface area contributed by atoms with E-state index in [1.54, 1.807) is 24.0 Å². The van der Waals surface area contributed by atoms with Gasteiger partial charge in [0.1, 0.15) is 11.6 Å². The Bertz CT molecular complexity index is 1480. The maximum Gasteiger partial charge on any atom is 0.320 e. The number of carboxylic acids is 1. The van der Waals surface area contributed by atoms with E-state index in [1.165, 1.54) is 11.0 Å². The van der Waals surface area contributed by atoms with Gasteiger partial charge in [0.15, 0.2) is 0 Å². The quantitative estimate of drug-likeness (QED) is 0.120. The number of hydrogen-bond acceptors (Lipinski definition) is 9. The van der Waals surface area contributed by atoms with Crippen molar-refractivity contribution in [2.45, 2.75) is 78.3 Å². The van der Waals surface area contributed by atoms with Gasteiger partial charge in [-0.2, -0.15) is 0 Å². The van der Waals surface area contributed by atoms with Crippen LogP contribution in [0.4, 0.5) is 15.0 Å². The number of anilines is 1. The summed E-state index contributed by atoms with van der Waals surface area (Å²) >= 11 is 0. The van der Waals surface area contributed by atoms with Crippen LogP contribution in [0.2, 0.25) is 0 Å². The lowest BCUT2D eigenvalue weighted by Crippen LogP contribution is -2.36. The molecule has 3 heterocycles. The van der Waals surface area contributed by atoms with Gasteiger partial charge in [0.2, 0.25) is 5.91 Å². The number of hydrogen-bond donors (Lipinski definition) is 3. The molecule has 14 heteroatoms. The summed E-state index contributed by atoms with van der Waals surface area (Å²) in [6.07, 6.45) is 4.09. The Kier molecular flexibility index (Phi) is 17.7. The van der Waals surface area contributed by atoms with Crippen molar-refractivity contribution in [3.8, 4) is 0 Å². The highest BCUT2D eigenvalue weighted by molar-refractivity contribution is 5.78. The second-order valence-electron chi connectivity index (χ2n) is 14.0. The van der Waals surface area contributed by atoms with Crippen LogP contribution in [-0.4, -0.2) is 117 Å². The highest BCUT2D eigenvalue weighted by atomic mass is 19.1. The maximum absolute atomic E-state index is 14.4. The van der Waals surface area contributed by atoms with Gasteiger partial charge in [0.05, 0.1) is 58.7 Å². The summed E-state index contributed by atoms with van der Waals surface area (Å²) in [5.74, 6) is -0.114. The first kappa shape index (κ1) is 41.9. The molecule has 294 valence electrons. The molecule has 0 spiro atoms. The fraction of sp³-hybridized carbons (Fsp3) is 0.641. The summed E-state index contributed by atoms with van der Waals surface area (Å²) < 4.78 is 36.5. The van der Waals surface area contributed by atoms with Gasteiger partial charge in [-0.25, -0.2) is 14.2 Å². The van der Waals surface area contributed by atoms with Crippen LogP contribution in [0.25, 0.3) is 0 Å². The monoisotopic (exact) mass is 743 g/mol. The first-order valence-electron chi connectivity index (χ1n) is 19.0. The van der Waals surface area contributed by atoms with Gasteiger partial charge in [-0.3, -0.25) is 9.59 Å². The molecule has 0 saturated carbocycles. The minimum absolute atomic E-state index is 0.121. The van der Waals surface area contributed by atoms with E-state index in [0.29, 0.717) is 95.7 Å². The van der Waals surface area contributed by atoms with Gasteiger partial charge in [-0.05, 0) is 79.3 Å². The Hall–Kier alpha value is -3.85. The van der Waals surface area contributed by atoms with Gasteiger partial charge in [-0.1, -0.05) is 26.0 Å². The van der Waals surface area contributed by atoms with Gasteiger partial charge in [0.25, 0.3) is 0 Å². The van der Waals surface area contributed by atoms with Gasteiger partial charge < -0.3 is 44.5 Å². The van der Waals surface area contributed by atoms with E-state index in [0.717, 1.165) is 55.1 Å². The van der Waals surface area contributed by atoms with E-state index in [1.807, 2.05) is 0 Å². The third kappa shape index (κ3) is 14.1. The number of fused-ring (bicyclic) bond motifs is 1. The number of ether oxygens (including phenoxy) is 4. The summed E-state index contributed by atoms with van der Waals surface area (Å²) in [4.78, 5) is 46.0. The zero-order valence-corrected chi connectivity index (χ0v) is 31.6. The summed E-state index contributed by atoms with van der Waals surface area (Å²) in [5.41, 5.74) is 3.85. The molecule has 1 saturated heterocycles. The Morgan fingerprint density at radius 2 is 1.70 bits per heavy atom. The van der Waals surface area contributed by atoms with Crippen molar-refractivity contribution < 1.29 is 42.8 Å². The predicted octanol–water partition coefficient (Wildman–Crippen LogP) is 4.89. The molecule has 0 radical (unpaired) electrons. The van der Waals surface area contributed by atoms with Crippen molar-refractivity contribution in [3.63, 3.8) is 0 Å². The Morgan fingerprint density at radius 3 is 2.38 bits per heavy atom. The van der Waals surface area contributed by atoms with E-state index in [4.69, 9.17) is 23.9 Å². The molecule has 0 unspecified atom stereocenters. The Morgan fingerprint density at radius 1 is 1.00 bits per heavy atom. The smallest absolute Gasteiger partial charge is 0.320 e. The van der Waals surface area contributed by atoms with Crippen molar-refractivity contribution in [2.75, 3.05) is 84.4 Å². The SMILES string of the molecule is Cc1ccc([C@H](CC(=O)O)N2CCN(CCCc3nc4c(cc3CNC(=O)CCOCCOCCOCCOCCC(C)C)CCCN4)C2=O)cc1F. The van der Waals surface area contributed by atoms with Gasteiger partial charge >= 0.3 is 12.0 Å². The molecular formula is C39H58FN5O8. The number of aliphatic carboxylic acids is 1. The zero-order chi connectivity index (χ0) is 38.0. The number of aromatic nitrogens is 1. The molecule has 1 aromatic heterocycles. The number of urea groups is 1. The fourth-order valence-corrected chi connectivity index (χ4v) is 6.29. The molecule has 0 bridgehead atoms. The van der Waals surface area contributed by atoms with Crippen LogP contribution in [-0.2, 0) is 47.9 Å². The summed E-state index contributed by atoms with van der Waals surface area (Å²) in [6, 6.07) is 5.71. The molecule has 1 aromatic carbocycles. The number of carboxylic acid groups (broad SMARTS) is 1. The average molecular weight is 744 g/mol. The average Bonchev–Trinajstić information content (AvgIpc) is 3.49. The molecule has 1 fully saturated rings. The number of amides is 3. The molecule has 3 N–H and O–H groups in total. The number of carbonyl (C=O) groups excluding carboxylic acids is 2. The molecule has 2 aromatic rings. The van der Waals surface area contributed by atoms with Crippen molar-refractivity contribution in [1.29, 1.82) is 0 Å². The standard InChI is InChI=1S/C39H58FN5O8/c1-28(2)10-16-50-18-20-52-22-23-53-21-19-51-17-11-36(46)42-27-32-24-31-6-4-12-41-38(31)43-34(32)7-5-13-44-14-15-45(39(44)49)35(26-37(47)48)30-9-8-29(3)33(40)25-30/h8-9,24-25,28,35H,4-7,10-23,26-27H2,1-3H3,(H,41,43)(H,42,46)(H,47,48)/t35-/m0/s1. The van der Waals surface area contributed by atoms with Crippen LogP contribution in [0.1, 0.15) is 79.9 Å². The van der Waals surface area contributed by atoms with Crippen molar-refractivity contribution in [3.05, 3.63) is 58.0 Å². The molecule has 4 rings (SSSR count). The van der Waals surface area contributed by atoms with Gasteiger partial charge in [-0.15, -0.1) is 0 Å². The number of benzene rings is 1. The third-order valence-corrected chi connectivity index (χ3v) is 9.38. The fourth-order valence-electron chi connectivity index (χ4n) is 6.29. The van der Waals surface area contributed by atoms with Crippen molar-refractivity contribution in [2.24, 2.45) is 5.92 Å². The van der Waals surface area contributed by atoms with Crippen LogP contribution in [0.3, 0.4) is 0 Å². The molecule has 2 aliphatic heterocycles. The number of halogens is 1. The Balaban J connectivity index is 1.18. The lowest BCUT2D eigenvalue weighted by molar-refractivity contribution is -0.138. The largest absolute Gasteiger partial charge is 0.481 e. The molecule has 13 nitrogen and oxygen atoms in total. The summed E-state index contributed by atoms with van der Waals surface area (Å²) in [7, 11) is 0. The van der Waals surface area contributed by atoms with Crippen LogP contribution in [0.15, 0.2) is 24.3 Å². The number of pyridine rings is 1. The molecule has 1 atom stereocenters. The van der Waals surface area contributed by atoms with Crippen molar-refractivity contribution in [1.82, 2.24) is 20.1 Å². The van der Waals surface area contributed by atoms with E-state index < -0.39 is 17.8 Å². The van der Waals surface area contributed by atoms with Crippen LogP contribution in [0.5, 0.6) is 0 Å². The highest BCUT2D eigenvalue weighted by Gasteiger charge is 2.35. The van der Waals surface area contributed by atoms with E-state index in [2.05, 4.69) is 30.5 Å². The number of nitrogens with zero attached hydrogens (tertiary/aromatic N) is 3. The predicted molar refractivity (Wildman–Crippen MR) is 198 cm³/mol. The van der Waals surface area contributed by atoms with Crippen LogP contribution >= 0.6 is 0 Å². The summed E-state index contributed by atoms with van der Waals surface area (Å²) in [6.45, 7) is 12.4. The number of rotatable bonds is 25. The third-order valence-electron chi connectivity index (χ3n) is 9.38. The van der Waals surface area contributed by atoms with E-state index >= 15 is 0 Å². The molecule has 53 heavy (non-hydrogen) atoms. The minimum atomic E-state index is -1.06.